The largest absolute Gasteiger partial charge is 0.397 e. The summed E-state index contributed by atoms with van der Waals surface area (Å²) in [6, 6.07) is 1.30. The zero-order valence-corrected chi connectivity index (χ0v) is 12.5. The number of hydrogen-bond donors (Lipinski definition) is 2. The first-order valence-electron chi connectivity index (χ1n) is 4.78. The Morgan fingerprint density at radius 3 is 2.14 bits per heavy atom. The van der Waals surface area contributed by atoms with E-state index in [1.807, 2.05) is 6.92 Å². The summed E-state index contributed by atoms with van der Waals surface area (Å²) in [5.74, 6) is 0. The molecule has 0 aliphatic heterocycles. The molecule has 0 saturated heterocycles. The molecule has 0 aliphatic carbocycles. The van der Waals surface area contributed by atoms with Crippen LogP contribution in [0.1, 0.15) is 20.3 Å². The second kappa shape index (κ2) is 7.13. The second-order valence-corrected chi connectivity index (χ2v) is 7.81. The molecule has 0 aromatic carbocycles. The van der Waals surface area contributed by atoms with Gasteiger partial charge in [0, 0.05) is 54.8 Å². The lowest BCUT2D eigenvalue weighted by molar-refractivity contribution is 0.228. The Morgan fingerprint density at radius 2 is 1.93 bits per heavy atom. The minimum Gasteiger partial charge on any atom is -0.397 e. The van der Waals surface area contributed by atoms with Gasteiger partial charge in [0.1, 0.15) is 0 Å². The number of rotatable bonds is 7. The van der Waals surface area contributed by atoms with Crippen molar-refractivity contribution in [3.8, 4) is 0 Å². The third-order valence-corrected chi connectivity index (χ3v) is 7.28. The van der Waals surface area contributed by atoms with Gasteiger partial charge in [0.05, 0.1) is 0 Å². The Morgan fingerprint density at radius 1 is 1.43 bits per heavy atom. The Kier molecular flexibility index (Phi) is 7.53. The van der Waals surface area contributed by atoms with Crippen LogP contribution in [0.2, 0.25) is 6.04 Å². The molecule has 14 heavy (non-hydrogen) atoms. The van der Waals surface area contributed by atoms with Crippen LogP contribution in [0.15, 0.2) is 0 Å². The molecule has 0 radical (unpaired) electrons. The average molecular weight is 332 g/mol. The quantitative estimate of drug-likeness (QED) is 0.420. The van der Waals surface area contributed by atoms with Crippen LogP contribution in [0.5, 0.6) is 0 Å². The minimum absolute atomic E-state index is 0.0173. The molecule has 4 nitrogen and oxygen atoms in total. The van der Waals surface area contributed by atoms with Gasteiger partial charge in [-0.15, -0.1) is 0 Å². The average Bonchev–Trinajstić information content (AvgIpc) is 2.20. The molecule has 0 fully saturated rings. The van der Waals surface area contributed by atoms with Gasteiger partial charge >= 0.3 is 8.56 Å². The minimum atomic E-state index is -2.22. The maximum absolute atomic E-state index is 5.93. The van der Waals surface area contributed by atoms with Crippen molar-refractivity contribution in [2.45, 2.75) is 38.0 Å². The van der Waals surface area contributed by atoms with E-state index in [1.54, 1.807) is 14.2 Å². The predicted molar refractivity (Wildman–Crippen MR) is 69.5 cm³/mol. The lowest BCUT2D eigenvalue weighted by Gasteiger charge is -2.33. The van der Waals surface area contributed by atoms with Gasteiger partial charge < -0.3 is 14.6 Å². The molecule has 86 valence electrons. The summed E-state index contributed by atoms with van der Waals surface area (Å²) in [6.45, 7) is 4.10. The monoisotopic (exact) mass is 332 g/mol. The normalized spacial score (nSPS) is 16.7. The lowest BCUT2D eigenvalue weighted by atomic mass is 10.3. The van der Waals surface area contributed by atoms with Crippen LogP contribution in [0.4, 0.5) is 0 Å². The summed E-state index contributed by atoms with van der Waals surface area (Å²) in [4.78, 5) is 0. The van der Waals surface area contributed by atoms with Gasteiger partial charge in [-0.1, -0.05) is 6.92 Å². The van der Waals surface area contributed by atoms with E-state index >= 15 is 0 Å². The fraction of sp³-hybridized carbons (Fsp3) is 1.00. The highest BCUT2D eigenvalue weighted by Gasteiger charge is 2.41. The molecule has 0 amide bonds. The molecule has 0 aliphatic rings. The molecule has 0 aromatic heterocycles. The molecule has 6 heteroatoms. The van der Waals surface area contributed by atoms with Crippen molar-refractivity contribution >= 4 is 31.4 Å². The van der Waals surface area contributed by atoms with Crippen molar-refractivity contribution in [2.24, 2.45) is 5.73 Å². The zero-order valence-electron chi connectivity index (χ0n) is 9.34. The van der Waals surface area contributed by atoms with Crippen molar-refractivity contribution in [2.75, 3.05) is 14.2 Å². The third kappa shape index (κ3) is 3.74. The molecular formula is C8H21IN2O2Si. The van der Waals surface area contributed by atoms with E-state index < -0.39 is 8.56 Å². The van der Waals surface area contributed by atoms with E-state index in [0.717, 1.165) is 12.5 Å². The van der Waals surface area contributed by atoms with Gasteiger partial charge in [0.15, 0.2) is 0 Å². The van der Waals surface area contributed by atoms with Crippen LogP contribution >= 0.6 is 22.9 Å². The maximum atomic E-state index is 5.93. The number of nitrogens with two attached hydrogens (primary N) is 1. The third-order valence-electron chi connectivity index (χ3n) is 2.56. The molecule has 0 aromatic rings. The molecule has 0 bridgehead atoms. The molecule has 0 spiro atoms. The first-order chi connectivity index (χ1) is 6.56. The summed E-state index contributed by atoms with van der Waals surface area (Å²) in [5.41, 5.74) is 5.91. The van der Waals surface area contributed by atoms with Gasteiger partial charge in [-0.2, -0.15) is 0 Å². The highest BCUT2D eigenvalue weighted by Crippen LogP contribution is 2.19. The highest BCUT2D eigenvalue weighted by atomic mass is 127. The summed E-state index contributed by atoms with van der Waals surface area (Å²) in [7, 11) is 1.17. The van der Waals surface area contributed by atoms with E-state index in [2.05, 4.69) is 33.3 Å². The van der Waals surface area contributed by atoms with Crippen LogP contribution in [-0.2, 0) is 8.85 Å². The van der Waals surface area contributed by atoms with E-state index in [4.69, 9.17) is 14.6 Å². The van der Waals surface area contributed by atoms with E-state index in [0.29, 0.717) is 6.04 Å². The van der Waals surface area contributed by atoms with Crippen LogP contribution in [0.25, 0.3) is 0 Å². The number of halogens is 1. The Hall–Kier alpha value is 0.787. The highest BCUT2D eigenvalue weighted by molar-refractivity contribution is 14.1. The number of nitrogens with one attached hydrogen (secondary N) is 1. The van der Waals surface area contributed by atoms with Crippen LogP contribution in [-0.4, -0.2) is 34.5 Å². The maximum Gasteiger partial charge on any atom is 0.356 e. The predicted octanol–water partition coefficient (Wildman–Crippen LogP) is 1.33. The van der Waals surface area contributed by atoms with E-state index in [9.17, 15) is 0 Å². The van der Waals surface area contributed by atoms with Crippen molar-refractivity contribution in [1.82, 2.24) is 3.53 Å². The standard InChI is InChI=1S/C8H21IN2O2Si/c1-5-8(11-9)6-14(12-3,13-4)7(2)10/h7-8,11H,5-6,10H2,1-4H3. The number of hydrogen-bond acceptors (Lipinski definition) is 4. The Balaban J connectivity index is 4.48. The van der Waals surface area contributed by atoms with Gasteiger partial charge in [0.25, 0.3) is 0 Å². The van der Waals surface area contributed by atoms with Crippen molar-refractivity contribution in [3.05, 3.63) is 0 Å². The van der Waals surface area contributed by atoms with Gasteiger partial charge in [-0.25, -0.2) is 0 Å². The zero-order chi connectivity index (χ0) is 11.2. The lowest BCUT2D eigenvalue weighted by Crippen LogP contribution is -2.57. The van der Waals surface area contributed by atoms with E-state index in [1.165, 1.54) is 0 Å². The van der Waals surface area contributed by atoms with Crippen LogP contribution < -0.4 is 9.26 Å². The van der Waals surface area contributed by atoms with Gasteiger partial charge in [-0.3, -0.25) is 3.53 Å². The topological polar surface area (TPSA) is 56.5 Å². The SMILES string of the molecule is CCC(C[Si](OC)(OC)C(C)N)NI. The summed E-state index contributed by atoms with van der Waals surface area (Å²) in [5, 5.41) is 0. The van der Waals surface area contributed by atoms with Crippen molar-refractivity contribution in [1.29, 1.82) is 0 Å². The molecule has 0 heterocycles. The fourth-order valence-electron chi connectivity index (χ4n) is 1.41. The first-order valence-corrected chi connectivity index (χ1v) is 7.96. The van der Waals surface area contributed by atoms with Crippen molar-refractivity contribution < 1.29 is 8.85 Å². The summed E-state index contributed by atoms with van der Waals surface area (Å²) in [6.07, 6.45) is 1.05. The fourth-order valence-corrected chi connectivity index (χ4v) is 5.18. The first kappa shape index (κ1) is 14.8. The molecule has 0 saturated carbocycles. The Bertz CT molecular complexity index is 152. The second-order valence-electron chi connectivity index (χ2n) is 3.43. The van der Waals surface area contributed by atoms with Crippen molar-refractivity contribution in [3.63, 3.8) is 0 Å². The molecule has 3 N–H and O–H groups in total. The van der Waals surface area contributed by atoms with E-state index in [-0.39, 0.29) is 5.67 Å². The van der Waals surface area contributed by atoms with Gasteiger partial charge in [0.2, 0.25) is 0 Å². The summed E-state index contributed by atoms with van der Waals surface area (Å²) < 4.78 is 14.3. The molecular weight excluding hydrogens is 311 g/mol. The Labute approximate surface area is 102 Å². The van der Waals surface area contributed by atoms with Gasteiger partial charge in [-0.05, 0) is 13.3 Å². The van der Waals surface area contributed by atoms with Crippen LogP contribution in [0.3, 0.4) is 0 Å². The smallest absolute Gasteiger partial charge is 0.356 e. The molecule has 0 rings (SSSR count). The molecule has 2 atom stereocenters. The summed E-state index contributed by atoms with van der Waals surface area (Å²) >= 11 is 2.17. The molecule has 2 unspecified atom stereocenters. The van der Waals surface area contributed by atoms with Crippen LogP contribution in [0, 0.1) is 0 Å².